The number of sulfone groups is 1. The topological polar surface area (TPSA) is 75.3 Å². The quantitative estimate of drug-likeness (QED) is 0.749. The van der Waals surface area contributed by atoms with Crippen LogP contribution in [0.5, 0.6) is 0 Å². The average Bonchev–Trinajstić information content (AvgIpc) is 2.64. The number of carbonyl (C=O) groups is 1. The van der Waals surface area contributed by atoms with Crippen LogP contribution in [0.2, 0.25) is 0 Å². The molecule has 0 radical (unpaired) electrons. The van der Waals surface area contributed by atoms with Crippen LogP contribution in [-0.2, 0) is 20.8 Å². The van der Waals surface area contributed by atoms with Crippen molar-refractivity contribution in [3.63, 3.8) is 0 Å². The van der Waals surface area contributed by atoms with Crippen LogP contribution in [0.4, 0.5) is 13.2 Å². The van der Waals surface area contributed by atoms with Gasteiger partial charge in [-0.25, -0.2) is 8.42 Å². The van der Waals surface area contributed by atoms with E-state index >= 15 is 0 Å². The van der Waals surface area contributed by atoms with Gasteiger partial charge in [0.2, 0.25) is 5.91 Å². The Balaban J connectivity index is 1.66. The van der Waals surface area contributed by atoms with Gasteiger partial charge in [-0.15, -0.1) is 0 Å². The van der Waals surface area contributed by atoms with Gasteiger partial charge in [0.15, 0.2) is 9.84 Å². The summed E-state index contributed by atoms with van der Waals surface area (Å²) in [5, 5.41) is 6.14. The number of hydrogen-bond acceptors (Lipinski definition) is 4. The second-order valence-electron chi connectivity index (χ2n) is 8.51. The second kappa shape index (κ2) is 7.91. The van der Waals surface area contributed by atoms with Gasteiger partial charge in [-0.3, -0.25) is 4.79 Å². The van der Waals surface area contributed by atoms with Gasteiger partial charge in [-0.05, 0) is 70.2 Å². The number of carbonyl (C=O) groups excluding carboxylic acids is 1. The zero-order valence-electron chi connectivity index (χ0n) is 16.6. The Labute approximate surface area is 169 Å². The third-order valence-corrected chi connectivity index (χ3v) is 8.85. The molecule has 9 heteroatoms. The van der Waals surface area contributed by atoms with Gasteiger partial charge in [0, 0.05) is 6.04 Å². The van der Waals surface area contributed by atoms with E-state index in [1.165, 1.54) is 6.07 Å². The monoisotopic (exact) mass is 432 g/mol. The van der Waals surface area contributed by atoms with Crippen LogP contribution in [-0.4, -0.2) is 37.7 Å². The Morgan fingerprint density at radius 3 is 2.45 bits per heavy atom. The molecule has 162 valence electrons. The van der Waals surface area contributed by atoms with Gasteiger partial charge in [-0.2, -0.15) is 13.2 Å². The molecule has 1 aromatic rings. The van der Waals surface area contributed by atoms with Crippen molar-refractivity contribution in [1.82, 2.24) is 10.6 Å². The Morgan fingerprint density at radius 1 is 1.17 bits per heavy atom. The molecule has 1 aliphatic carbocycles. The van der Waals surface area contributed by atoms with E-state index in [-0.39, 0.29) is 28.8 Å². The highest BCUT2D eigenvalue weighted by Gasteiger charge is 2.49. The van der Waals surface area contributed by atoms with Crippen molar-refractivity contribution in [2.75, 3.05) is 6.54 Å². The van der Waals surface area contributed by atoms with E-state index in [0.29, 0.717) is 18.9 Å². The molecule has 0 unspecified atom stereocenters. The van der Waals surface area contributed by atoms with Crippen LogP contribution in [0, 0.1) is 5.92 Å². The maximum Gasteiger partial charge on any atom is 0.416 e. The summed E-state index contributed by atoms with van der Waals surface area (Å²) in [6, 6.07) is 3.58. The molecule has 2 fully saturated rings. The molecular weight excluding hydrogens is 405 g/mol. The summed E-state index contributed by atoms with van der Waals surface area (Å²) < 4.78 is 63.8. The van der Waals surface area contributed by atoms with Crippen molar-refractivity contribution >= 4 is 15.7 Å². The summed E-state index contributed by atoms with van der Waals surface area (Å²) in [7, 11) is -3.98. The van der Waals surface area contributed by atoms with E-state index in [1.54, 1.807) is 13.8 Å². The molecule has 0 spiro atoms. The van der Waals surface area contributed by atoms with Crippen LogP contribution in [0.1, 0.15) is 51.5 Å². The zero-order chi connectivity index (χ0) is 21.4. The minimum Gasteiger partial charge on any atom is -0.352 e. The van der Waals surface area contributed by atoms with Gasteiger partial charge < -0.3 is 10.6 Å². The van der Waals surface area contributed by atoms with Gasteiger partial charge in [-0.1, -0.05) is 12.5 Å². The van der Waals surface area contributed by atoms with Gasteiger partial charge in [0.05, 0.1) is 21.2 Å². The van der Waals surface area contributed by atoms with Crippen LogP contribution < -0.4 is 10.6 Å². The molecule has 1 aliphatic heterocycles. The average molecular weight is 433 g/mol. The molecule has 1 heterocycles. The number of benzene rings is 1. The fraction of sp³-hybridized carbons (Fsp3) is 0.650. The minimum absolute atomic E-state index is 0.0632. The fourth-order valence-corrected chi connectivity index (χ4v) is 5.82. The van der Waals surface area contributed by atoms with E-state index in [4.69, 9.17) is 0 Å². The lowest BCUT2D eigenvalue weighted by atomic mass is 9.73. The minimum atomic E-state index is -4.60. The summed E-state index contributed by atoms with van der Waals surface area (Å²) in [6.07, 6.45) is -0.781. The van der Waals surface area contributed by atoms with Gasteiger partial charge in [0.1, 0.15) is 0 Å². The Kier molecular flexibility index (Phi) is 6.02. The molecule has 29 heavy (non-hydrogen) atoms. The van der Waals surface area contributed by atoms with Crippen molar-refractivity contribution in [3.8, 4) is 0 Å². The van der Waals surface area contributed by atoms with E-state index in [0.717, 1.165) is 37.9 Å². The molecule has 3 rings (SSSR count). The van der Waals surface area contributed by atoms with Crippen molar-refractivity contribution in [2.45, 2.75) is 73.9 Å². The predicted molar refractivity (Wildman–Crippen MR) is 103 cm³/mol. The SMILES string of the molecule is CC(C)([C@H]1C[C@@H](NC(=O)[C@@H]2CCCCN2)C1)S(=O)(=O)c1cccc(C(F)(F)F)c1. The van der Waals surface area contributed by atoms with Gasteiger partial charge in [0.25, 0.3) is 0 Å². The highest BCUT2D eigenvalue weighted by atomic mass is 32.2. The van der Waals surface area contributed by atoms with Crippen LogP contribution >= 0.6 is 0 Å². The molecule has 2 N–H and O–H groups in total. The molecular formula is C20H27F3N2O3S. The third kappa shape index (κ3) is 4.45. The molecule has 1 aromatic carbocycles. The van der Waals surface area contributed by atoms with E-state index in [9.17, 15) is 26.4 Å². The Hall–Kier alpha value is -1.61. The molecule has 1 atom stereocenters. The summed E-state index contributed by atoms with van der Waals surface area (Å²) in [5.74, 6) is -0.307. The first-order chi connectivity index (χ1) is 13.4. The first-order valence-electron chi connectivity index (χ1n) is 9.88. The number of alkyl halides is 3. The number of nitrogens with one attached hydrogen (secondary N) is 2. The molecule has 2 aliphatic rings. The predicted octanol–water partition coefficient (Wildman–Crippen LogP) is 3.29. The molecule has 1 amide bonds. The zero-order valence-corrected chi connectivity index (χ0v) is 17.4. The first kappa shape index (κ1) is 22.1. The smallest absolute Gasteiger partial charge is 0.352 e. The van der Waals surface area contributed by atoms with Crippen LogP contribution in [0.15, 0.2) is 29.2 Å². The number of hydrogen-bond donors (Lipinski definition) is 2. The molecule has 1 saturated carbocycles. The van der Waals surface area contributed by atoms with Crippen molar-refractivity contribution in [1.29, 1.82) is 0 Å². The number of rotatable bonds is 5. The number of amides is 1. The van der Waals surface area contributed by atoms with Crippen LogP contribution in [0.3, 0.4) is 0 Å². The summed E-state index contributed by atoms with van der Waals surface area (Å²) in [4.78, 5) is 12.0. The fourth-order valence-electron chi connectivity index (χ4n) is 4.04. The maximum atomic E-state index is 13.1. The van der Waals surface area contributed by atoms with E-state index in [1.807, 2.05) is 0 Å². The maximum absolute atomic E-state index is 13.1. The van der Waals surface area contributed by atoms with Gasteiger partial charge >= 0.3 is 6.18 Å². The van der Waals surface area contributed by atoms with Crippen molar-refractivity contribution in [2.24, 2.45) is 5.92 Å². The van der Waals surface area contributed by atoms with E-state index in [2.05, 4.69) is 10.6 Å². The van der Waals surface area contributed by atoms with Crippen LogP contribution in [0.25, 0.3) is 0 Å². The third-order valence-electron chi connectivity index (χ3n) is 6.26. The number of piperidine rings is 1. The van der Waals surface area contributed by atoms with Crippen molar-refractivity contribution < 1.29 is 26.4 Å². The highest BCUT2D eigenvalue weighted by molar-refractivity contribution is 7.92. The lowest BCUT2D eigenvalue weighted by Crippen LogP contribution is -2.57. The molecule has 0 aromatic heterocycles. The normalized spacial score (nSPS) is 25.9. The Morgan fingerprint density at radius 2 is 1.86 bits per heavy atom. The lowest BCUT2D eigenvalue weighted by Gasteiger charge is -2.45. The summed E-state index contributed by atoms with van der Waals surface area (Å²) >= 11 is 0. The van der Waals surface area contributed by atoms with Crippen molar-refractivity contribution in [3.05, 3.63) is 29.8 Å². The molecule has 1 saturated heterocycles. The standard InChI is InChI=1S/C20H27F3N2O3S/c1-19(2,29(27,28)16-7-5-6-13(12-16)20(21,22)23)14-10-15(11-14)25-18(26)17-8-3-4-9-24-17/h5-7,12,14-15,17,24H,3-4,8-11H2,1-2H3,(H,25,26)/t14-,15+,17-/m0/s1. The lowest BCUT2D eigenvalue weighted by molar-refractivity contribution is -0.137. The largest absolute Gasteiger partial charge is 0.416 e. The summed E-state index contributed by atoms with van der Waals surface area (Å²) in [5.41, 5.74) is -0.979. The first-order valence-corrected chi connectivity index (χ1v) is 11.4. The van der Waals surface area contributed by atoms with E-state index < -0.39 is 26.3 Å². The second-order valence-corrected chi connectivity index (χ2v) is 11.0. The highest BCUT2D eigenvalue weighted by Crippen LogP contribution is 2.44. The Bertz CT molecular complexity index is 856. The molecule has 0 bridgehead atoms. The summed E-state index contributed by atoms with van der Waals surface area (Å²) in [6.45, 7) is 3.91. The molecule has 5 nitrogen and oxygen atoms in total. The number of halogens is 3.